The third-order valence-electron chi connectivity index (χ3n) is 6.91. The van der Waals surface area contributed by atoms with Crippen LogP contribution in [0.1, 0.15) is 37.4 Å². The maximum atomic E-state index is 14.2. The molecule has 180 valence electrons. The van der Waals surface area contributed by atoms with Crippen molar-refractivity contribution in [3.63, 3.8) is 0 Å². The molecule has 3 amide bonds. The first kappa shape index (κ1) is 23.9. The molecular formula is C26H31FN4O3. The van der Waals surface area contributed by atoms with E-state index in [2.05, 4.69) is 10.6 Å². The zero-order valence-electron chi connectivity index (χ0n) is 19.8. The van der Waals surface area contributed by atoms with E-state index in [4.69, 9.17) is 0 Å². The minimum atomic E-state index is -0.675. The van der Waals surface area contributed by atoms with Crippen molar-refractivity contribution < 1.29 is 18.8 Å². The highest BCUT2D eigenvalue weighted by atomic mass is 19.1. The second-order valence-electron chi connectivity index (χ2n) is 9.47. The SMILES string of the molecule is CC(=O)N[C@@]12CN(C(C)=O)CC[C@@H]1[C@@H](c1ccccc1)N(CC(=O)Nc1cc(C)ccc1F)C2. The van der Waals surface area contributed by atoms with Gasteiger partial charge in [-0.1, -0.05) is 36.4 Å². The molecule has 8 heteroatoms. The minimum absolute atomic E-state index is 0.0119. The number of nitrogens with zero attached hydrogens (tertiary/aromatic N) is 2. The van der Waals surface area contributed by atoms with Crippen LogP contribution in [0.5, 0.6) is 0 Å². The first-order chi connectivity index (χ1) is 16.2. The van der Waals surface area contributed by atoms with E-state index in [0.29, 0.717) is 26.1 Å². The average molecular weight is 467 g/mol. The van der Waals surface area contributed by atoms with Gasteiger partial charge in [0.05, 0.1) is 17.8 Å². The van der Waals surface area contributed by atoms with Crippen LogP contribution in [0.4, 0.5) is 10.1 Å². The molecular weight excluding hydrogens is 435 g/mol. The van der Waals surface area contributed by atoms with Gasteiger partial charge in [-0.2, -0.15) is 0 Å². The number of fused-ring (bicyclic) bond motifs is 1. The van der Waals surface area contributed by atoms with Gasteiger partial charge in [-0.15, -0.1) is 0 Å². The maximum Gasteiger partial charge on any atom is 0.238 e. The molecule has 2 aromatic rings. The number of hydrogen-bond acceptors (Lipinski definition) is 4. The van der Waals surface area contributed by atoms with Crippen molar-refractivity contribution in [3.05, 3.63) is 65.5 Å². The van der Waals surface area contributed by atoms with E-state index in [0.717, 1.165) is 11.1 Å². The third-order valence-corrected chi connectivity index (χ3v) is 6.91. The molecule has 3 atom stereocenters. The van der Waals surface area contributed by atoms with Crippen molar-refractivity contribution in [2.45, 2.75) is 38.8 Å². The van der Waals surface area contributed by atoms with Gasteiger partial charge in [-0.25, -0.2) is 4.39 Å². The van der Waals surface area contributed by atoms with Crippen molar-refractivity contribution in [1.29, 1.82) is 0 Å². The van der Waals surface area contributed by atoms with E-state index in [9.17, 15) is 18.8 Å². The highest BCUT2D eigenvalue weighted by molar-refractivity contribution is 5.92. The Morgan fingerprint density at radius 1 is 1.09 bits per heavy atom. The fraction of sp³-hybridized carbons (Fsp3) is 0.423. The Morgan fingerprint density at radius 3 is 2.50 bits per heavy atom. The third kappa shape index (κ3) is 4.82. The van der Waals surface area contributed by atoms with Gasteiger partial charge in [0.15, 0.2) is 0 Å². The van der Waals surface area contributed by atoms with Crippen LogP contribution in [0.3, 0.4) is 0 Å². The van der Waals surface area contributed by atoms with Gasteiger partial charge in [0.2, 0.25) is 17.7 Å². The smallest absolute Gasteiger partial charge is 0.238 e. The first-order valence-electron chi connectivity index (χ1n) is 11.6. The zero-order chi connectivity index (χ0) is 24.5. The molecule has 0 aliphatic carbocycles. The molecule has 2 aromatic carbocycles. The summed E-state index contributed by atoms with van der Waals surface area (Å²) in [6.07, 6.45) is 0.698. The number of halogens is 1. The Balaban J connectivity index is 1.65. The summed E-state index contributed by atoms with van der Waals surface area (Å²) in [4.78, 5) is 41.3. The number of likely N-dealkylation sites (tertiary alicyclic amines) is 2. The van der Waals surface area contributed by atoms with Crippen LogP contribution in [0, 0.1) is 18.7 Å². The van der Waals surface area contributed by atoms with Crippen molar-refractivity contribution in [1.82, 2.24) is 15.1 Å². The number of piperidine rings is 1. The van der Waals surface area contributed by atoms with Gasteiger partial charge in [0.1, 0.15) is 5.82 Å². The standard InChI is InChI=1S/C26H31FN4O3/c1-17-9-10-22(27)23(13-17)28-24(34)14-31-16-26(29-18(2)32)15-30(19(3)33)12-11-21(26)25(31)20-7-5-4-6-8-20/h4-10,13,21,25H,11-12,14-16H2,1-3H3,(H,28,34)(H,29,32)/t21-,25-,26-/m1/s1. The Labute approximate surface area is 199 Å². The molecule has 2 saturated heterocycles. The lowest BCUT2D eigenvalue weighted by molar-refractivity contribution is -0.134. The lowest BCUT2D eigenvalue weighted by Crippen LogP contribution is -2.64. The summed E-state index contributed by atoms with van der Waals surface area (Å²) in [5.41, 5.74) is 1.37. The highest BCUT2D eigenvalue weighted by Crippen LogP contribution is 2.47. The predicted octanol–water partition coefficient (Wildman–Crippen LogP) is 2.87. The van der Waals surface area contributed by atoms with E-state index >= 15 is 0 Å². The Morgan fingerprint density at radius 2 is 1.82 bits per heavy atom. The van der Waals surface area contributed by atoms with Gasteiger partial charge < -0.3 is 15.5 Å². The van der Waals surface area contributed by atoms with Crippen LogP contribution >= 0.6 is 0 Å². The second-order valence-corrected chi connectivity index (χ2v) is 9.47. The molecule has 0 spiro atoms. The average Bonchev–Trinajstić information content (AvgIpc) is 3.08. The van der Waals surface area contributed by atoms with E-state index in [-0.39, 0.29) is 41.9 Å². The molecule has 7 nitrogen and oxygen atoms in total. The van der Waals surface area contributed by atoms with Crippen molar-refractivity contribution in [3.8, 4) is 0 Å². The summed E-state index contributed by atoms with van der Waals surface area (Å²) in [5, 5.41) is 5.85. The number of nitrogens with one attached hydrogen (secondary N) is 2. The lowest BCUT2D eigenvalue weighted by Gasteiger charge is -2.45. The summed E-state index contributed by atoms with van der Waals surface area (Å²) in [6.45, 7) is 6.28. The predicted molar refractivity (Wildman–Crippen MR) is 127 cm³/mol. The first-order valence-corrected chi connectivity index (χ1v) is 11.6. The van der Waals surface area contributed by atoms with E-state index < -0.39 is 11.4 Å². The van der Waals surface area contributed by atoms with Crippen LogP contribution in [0.15, 0.2) is 48.5 Å². The topological polar surface area (TPSA) is 81.8 Å². The van der Waals surface area contributed by atoms with Crippen LogP contribution in [-0.2, 0) is 14.4 Å². The number of hydrogen-bond donors (Lipinski definition) is 2. The van der Waals surface area contributed by atoms with E-state index in [1.807, 2.05) is 42.2 Å². The number of anilines is 1. The zero-order valence-corrected chi connectivity index (χ0v) is 19.8. The number of amides is 3. The minimum Gasteiger partial charge on any atom is -0.347 e. The molecule has 2 fully saturated rings. The van der Waals surface area contributed by atoms with E-state index in [1.165, 1.54) is 19.9 Å². The molecule has 2 heterocycles. The Kier molecular flexibility index (Phi) is 6.70. The number of carbonyl (C=O) groups excluding carboxylic acids is 3. The van der Waals surface area contributed by atoms with Crippen molar-refractivity contribution >= 4 is 23.4 Å². The normalized spacial score (nSPS) is 24.4. The molecule has 0 radical (unpaired) electrons. The molecule has 34 heavy (non-hydrogen) atoms. The maximum absolute atomic E-state index is 14.2. The molecule has 0 saturated carbocycles. The van der Waals surface area contributed by atoms with Gasteiger partial charge in [-0.05, 0) is 36.6 Å². The molecule has 4 rings (SSSR count). The summed E-state index contributed by atoms with van der Waals surface area (Å²) in [6, 6.07) is 14.4. The van der Waals surface area contributed by atoms with Crippen LogP contribution in [0.25, 0.3) is 0 Å². The molecule has 2 N–H and O–H groups in total. The quantitative estimate of drug-likeness (QED) is 0.710. The molecule has 2 aliphatic heterocycles. The van der Waals surface area contributed by atoms with Crippen molar-refractivity contribution in [2.24, 2.45) is 5.92 Å². The number of rotatable bonds is 5. The lowest BCUT2D eigenvalue weighted by atomic mass is 9.75. The Hall–Kier alpha value is -3.26. The second kappa shape index (κ2) is 9.54. The van der Waals surface area contributed by atoms with E-state index in [1.54, 1.807) is 17.0 Å². The molecule has 0 aromatic heterocycles. The molecule has 0 bridgehead atoms. The van der Waals surface area contributed by atoms with Gasteiger partial charge >= 0.3 is 0 Å². The van der Waals surface area contributed by atoms with Crippen LogP contribution in [-0.4, -0.2) is 59.2 Å². The fourth-order valence-corrected chi connectivity index (χ4v) is 5.60. The molecule has 2 aliphatic rings. The van der Waals surface area contributed by atoms with Gasteiger partial charge in [0.25, 0.3) is 0 Å². The summed E-state index contributed by atoms with van der Waals surface area (Å²) >= 11 is 0. The molecule has 0 unspecified atom stereocenters. The van der Waals surface area contributed by atoms with Gasteiger partial charge in [0, 0.05) is 45.4 Å². The Bertz CT molecular complexity index is 1090. The highest BCUT2D eigenvalue weighted by Gasteiger charge is 2.56. The summed E-state index contributed by atoms with van der Waals surface area (Å²) in [7, 11) is 0. The summed E-state index contributed by atoms with van der Waals surface area (Å²) in [5.74, 6) is -1.01. The number of aryl methyl sites for hydroxylation is 1. The number of carbonyl (C=O) groups is 3. The van der Waals surface area contributed by atoms with Crippen molar-refractivity contribution in [2.75, 3.05) is 31.5 Å². The van der Waals surface area contributed by atoms with Crippen LogP contribution < -0.4 is 10.6 Å². The number of benzene rings is 2. The summed E-state index contributed by atoms with van der Waals surface area (Å²) < 4.78 is 14.2. The fourth-order valence-electron chi connectivity index (χ4n) is 5.60. The largest absolute Gasteiger partial charge is 0.347 e. The van der Waals surface area contributed by atoms with Gasteiger partial charge in [-0.3, -0.25) is 19.3 Å². The van der Waals surface area contributed by atoms with Crippen LogP contribution in [0.2, 0.25) is 0 Å². The monoisotopic (exact) mass is 466 g/mol.